The second-order valence-corrected chi connectivity index (χ2v) is 12.7. The van der Waals surface area contributed by atoms with Gasteiger partial charge in [0.1, 0.15) is 30.0 Å². The van der Waals surface area contributed by atoms with Crippen molar-refractivity contribution in [3.63, 3.8) is 0 Å². The predicted octanol–water partition coefficient (Wildman–Crippen LogP) is 4.34. The van der Waals surface area contributed by atoms with Crippen molar-refractivity contribution in [3.8, 4) is 6.07 Å². The molecule has 0 unspecified atom stereocenters. The highest BCUT2D eigenvalue weighted by Gasteiger charge is 2.29. The average molecular weight is 474 g/mol. The molecule has 2 aromatic heterocycles. The molecule has 9 heteroatoms. The van der Waals surface area contributed by atoms with Crippen LogP contribution in [0.4, 0.5) is 23.3 Å². The topological polar surface area (TPSA) is 107 Å². The van der Waals surface area contributed by atoms with Gasteiger partial charge in [-0.15, -0.1) is 0 Å². The molecule has 0 bridgehead atoms. The summed E-state index contributed by atoms with van der Waals surface area (Å²) in [6.45, 7) is 5.42. The molecule has 0 amide bonds. The van der Waals surface area contributed by atoms with E-state index >= 15 is 0 Å². The van der Waals surface area contributed by atoms with Gasteiger partial charge in [-0.2, -0.15) is 10.2 Å². The number of nitrogens with one attached hydrogen (secondary N) is 2. The smallest absolute Gasteiger partial charge is 0.229 e. The Morgan fingerprint density at radius 3 is 2.79 bits per heavy atom. The highest BCUT2D eigenvalue weighted by molar-refractivity contribution is 7.69. The lowest BCUT2D eigenvalue weighted by Gasteiger charge is -2.37. The molecule has 3 aromatic rings. The monoisotopic (exact) mass is 473 g/mol. The van der Waals surface area contributed by atoms with Crippen LogP contribution in [0, 0.1) is 11.3 Å². The molecule has 1 atom stereocenters. The number of benzene rings is 1. The Hall–Kier alpha value is -3.27. The van der Waals surface area contributed by atoms with Gasteiger partial charge in [-0.1, -0.05) is 6.07 Å². The Kier molecular flexibility index (Phi) is 5.85. The predicted molar refractivity (Wildman–Crippen MR) is 135 cm³/mol. The number of nitriles is 1. The summed E-state index contributed by atoms with van der Waals surface area (Å²) >= 11 is 0. The van der Waals surface area contributed by atoms with Crippen molar-refractivity contribution < 1.29 is 4.57 Å². The standard InChI is InChI=1S/C25H28N7OP/c1-32-14-17-7-4-6-16-10-20(11-18(15-32)23(16)17)28-25-27-13-19(12-26)24(31-25)30-21-8-5-9-22(29-21)34(2,3)33/h5,8-11,13,17H,4,6-7,14-15H2,1-3H3,(H2,27,28,29,30,31)/t17-/m0/s1. The minimum Gasteiger partial charge on any atom is -0.324 e. The fourth-order valence-corrected chi connectivity index (χ4v) is 5.77. The van der Waals surface area contributed by atoms with E-state index in [1.54, 1.807) is 31.5 Å². The number of hydrogen-bond acceptors (Lipinski definition) is 8. The van der Waals surface area contributed by atoms with Crippen LogP contribution in [0.5, 0.6) is 0 Å². The van der Waals surface area contributed by atoms with Crippen molar-refractivity contribution in [1.29, 1.82) is 5.26 Å². The molecular weight excluding hydrogens is 445 g/mol. The van der Waals surface area contributed by atoms with Crippen LogP contribution in [-0.2, 0) is 17.5 Å². The van der Waals surface area contributed by atoms with Crippen LogP contribution in [-0.4, -0.2) is 46.8 Å². The highest BCUT2D eigenvalue weighted by Crippen LogP contribution is 2.40. The Morgan fingerprint density at radius 1 is 1.18 bits per heavy atom. The van der Waals surface area contributed by atoms with Gasteiger partial charge in [0.05, 0.1) is 6.20 Å². The molecule has 8 nitrogen and oxygen atoms in total. The van der Waals surface area contributed by atoms with Crippen molar-refractivity contribution in [2.24, 2.45) is 0 Å². The number of likely N-dealkylation sites (N-methyl/N-ethyl adjacent to an activating group) is 1. The number of nitrogens with zero attached hydrogens (tertiary/aromatic N) is 5. The third-order valence-corrected chi connectivity index (χ3v) is 7.78. The van der Waals surface area contributed by atoms with Gasteiger partial charge in [0.2, 0.25) is 5.95 Å². The fourth-order valence-electron chi connectivity index (χ4n) is 4.97. The SMILES string of the molecule is CN1Cc2cc(Nc3ncc(C#N)c(Nc4cccc(P(C)(C)=O)n4)n3)cc3c2[C@@H](CCC3)C1. The van der Waals surface area contributed by atoms with E-state index in [0.717, 1.165) is 25.2 Å². The lowest BCUT2D eigenvalue weighted by molar-refractivity contribution is 0.266. The van der Waals surface area contributed by atoms with E-state index in [9.17, 15) is 9.83 Å². The number of aromatic nitrogens is 3. The first-order valence-electron chi connectivity index (χ1n) is 11.5. The number of rotatable bonds is 5. The van der Waals surface area contributed by atoms with Crippen molar-refractivity contribution in [1.82, 2.24) is 19.9 Å². The molecule has 34 heavy (non-hydrogen) atoms. The Labute approximate surface area is 199 Å². The molecule has 1 aliphatic heterocycles. The summed E-state index contributed by atoms with van der Waals surface area (Å²) in [5.74, 6) is 1.86. The summed E-state index contributed by atoms with van der Waals surface area (Å²) < 4.78 is 12.4. The van der Waals surface area contributed by atoms with E-state index in [4.69, 9.17) is 0 Å². The van der Waals surface area contributed by atoms with E-state index in [1.807, 2.05) is 0 Å². The number of hydrogen-bond donors (Lipinski definition) is 2. The second kappa shape index (κ2) is 8.83. The molecule has 0 saturated carbocycles. The van der Waals surface area contributed by atoms with Crippen LogP contribution in [0.3, 0.4) is 0 Å². The number of anilines is 4. The molecule has 0 fully saturated rings. The maximum Gasteiger partial charge on any atom is 0.229 e. The lowest BCUT2D eigenvalue weighted by atomic mass is 9.77. The first-order chi connectivity index (χ1) is 16.3. The van der Waals surface area contributed by atoms with E-state index in [2.05, 4.69) is 55.7 Å². The largest absolute Gasteiger partial charge is 0.324 e. The molecule has 2 aliphatic rings. The second-order valence-electron chi connectivity index (χ2n) is 9.54. The van der Waals surface area contributed by atoms with E-state index in [0.29, 0.717) is 34.5 Å². The molecular formula is C25H28N7OP. The molecule has 1 aliphatic carbocycles. The van der Waals surface area contributed by atoms with Crippen LogP contribution in [0.2, 0.25) is 0 Å². The van der Waals surface area contributed by atoms with Crippen LogP contribution < -0.4 is 16.1 Å². The third kappa shape index (κ3) is 4.54. The fraction of sp³-hybridized carbons (Fsp3) is 0.360. The maximum absolute atomic E-state index is 12.4. The minimum atomic E-state index is -2.51. The Balaban J connectivity index is 1.44. The molecule has 0 radical (unpaired) electrons. The average Bonchev–Trinajstić information content (AvgIpc) is 2.79. The lowest BCUT2D eigenvalue weighted by Crippen LogP contribution is -2.33. The molecule has 1 aromatic carbocycles. The number of pyridine rings is 1. The summed E-state index contributed by atoms with van der Waals surface area (Å²) in [6, 6.07) is 11.8. The van der Waals surface area contributed by atoms with Gasteiger partial charge < -0.3 is 20.1 Å². The molecule has 2 N–H and O–H groups in total. The minimum absolute atomic E-state index is 0.305. The summed E-state index contributed by atoms with van der Waals surface area (Å²) in [5.41, 5.74) is 6.11. The van der Waals surface area contributed by atoms with E-state index < -0.39 is 7.14 Å². The van der Waals surface area contributed by atoms with Crippen LogP contribution in [0.15, 0.2) is 36.5 Å². The van der Waals surface area contributed by atoms with Gasteiger partial charge in [0.25, 0.3) is 0 Å². The zero-order valence-electron chi connectivity index (χ0n) is 19.7. The quantitative estimate of drug-likeness (QED) is 0.527. The Morgan fingerprint density at radius 2 is 2.00 bits per heavy atom. The van der Waals surface area contributed by atoms with Crippen molar-refractivity contribution >= 4 is 35.8 Å². The van der Waals surface area contributed by atoms with Gasteiger partial charge in [0.15, 0.2) is 5.82 Å². The van der Waals surface area contributed by atoms with Gasteiger partial charge in [-0.05, 0) is 86.5 Å². The van der Waals surface area contributed by atoms with Crippen molar-refractivity contribution in [2.75, 3.05) is 37.6 Å². The zero-order valence-corrected chi connectivity index (χ0v) is 20.6. The summed E-state index contributed by atoms with van der Waals surface area (Å²) in [7, 11) is -0.332. The number of aryl methyl sites for hydroxylation is 1. The molecule has 5 rings (SSSR count). The van der Waals surface area contributed by atoms with Crippen LogP contribution in [0.25, 0.3) is 0 Å². The van der Waals surface area contributed by atoms with Crippen molar-refractivity contribution in [2.45, 2.75) is 31.7 Å². The van der Waals surface area contributed by atoms with Crippen LogP contribution >= 0.6 is 7.14 Å². The molecule has 174 valence electrons. The Bertz CT molecular complexity index is 1340. The van der Waals surface area contributed by atoms with Gasteiger partial charge in [-0.25, -0.2) is 9.97 Å². The molecule has 0 saturated heterocycles. The summed E-state index contributed by atoms with van der Waals surface area (Å²) in [6.07, 6.45) is 5.06. The summed E-state index contributed by atoms with van der Waals surface area (Å²) in [5, 5.41) is 16.0. The van der Waals surface area contributed by atoms with Crippen molar-refractivity contribution in [3.05, 3.63) is 58.8 Å². The molecule has 3 heterocycles. The first-order valence-corrected chi connectivity index (χ1v) is 14.1. The maximum atomic E-state index is 12.4. The molecule has 0 spiro atoms. The van der Waals surface area contributed by atoms with Gasteiger partial charge >= 0.3 is 0 Å². The summed E-state index contributed by atoms with van der Waals surface area (Å²) in [4.78, 5) is 15.8. The first kappa shape index (κ1) is 22.5. The highest BCUT2D eigenvalue weighted by atomic mass is 31.2. The van der Waals surface area contributed by atoms with E-state index in [1.165, 1.54) is 35.7 Å². The third-order valence-electron chi connectivity index (χ3n) is 6.43. The van der Waals surface area contributed by atoms with Crippen LogP contribution in [0.1, 0.15) is 41.0 Å². The van der Waals surface area contributed by atoms with Gasteiger partial charge in [-0.3, -0.25) is 0 Å². The van der Waals surface area contributed by atoms with Gasteiger partial charge in [0, 0.05) is 18.8 Å². The van der Waals surface area contributed by atoms with E-state index in [-0.39, 0.29) is 0 Å². The normalized spacial score (nSPS) is 17.5. The zero-order chi connectivity index (χ0) is 23.9.